The molecule has 2 fully saturated rings. The van der Waals surface area contributed by atoms with Crippen LogP contribution in [0.15, 0.2) is 60.3 Å². The fourth-order valence-electron chi connectivity index (χ4n) is 6.47. The number of benzene rings is 2. The van der Waals surface area contributed by atoms with Gasteiger partial charge < -0.3 is 15.5 Å². The Kier molecular flexibility index (Phi) is 8.20. The Morgan fingerprint density at radius 3 is 2.44 bits per heavy atom. The molecule has 1 heterocycles. The van der Waals surface area contributed by atoms with E-state index in [0.717, 1.165) is 23.4 Å². The highest BCUT2D eigenvalue weighted by molar-refractivity contribution is 5.98. The molecule has 1 saturated heterocycles. The topological polar surface area (TPSA) is 61.4 Å². The van der Waals surface area contributed by atoms with E-state index < -0.39 is 11.7 Å². The van der Waals surface area contributed by atoms with Crippen LogP contribution < -0.4 is 10.6 Å². The number of nitrogens with one attached hydrogen (secondary N) is 2. The summed E-state index contributed by atoms with van der Waals surface area (Å²) in [4.78, 5) is 29.5. The van der Waals surface area contributed by atoms with Crippen LogP contribution in [0.5, 0.6) is 0 Å². The van der Waals surface area contributed by atoms with Crippen LogP contribution in [0.25, 0.3) is 0 Å². The third-order valence-electron chi connectivity index (χ3n) is 8.79. The van der Waals surface area contributed by atoms with E-state index in [9.17, 15) is 14.0 Å². The number of piperidine rings is 1. The summed E-state index contributed by atoms with van der Waals surface area (Å²) in [6.45, 7) is 6.35. The van der Waals surface area contributed by atoms with Crippen LogP contribution in [-0.4, -0.2) is 35.3 Å². The van der Waals surface area contributed by atoms with Gasteiger partial charge in [-0.25, -0.2) is 4.39 Å². The largest absolute Gasteiger partial charge is 0.383 e. The molecule has 0 radical (unpaired) electrons. The average Bonchev–Trinajstić information content (AvgIpc) is 3.44. The van der Waals surface area contributed by atoms with E-state index in [1.807, 2.05) is 32.0 Å². The van der Waals surface area contributed by atoms with Crippen LogP contribution in [-0.2, 0) is 4.79 Å². The molecule has 0 spiro atoms. The predicted molar refractivity (Wildman–Crippen MR) is 154 cm³/mol. The number of halogens is 1. The summed E-state index contributed by atoms with van der Waals surface area (Å²) in [6.07, 6.45) is 13.5. The van der Waals surface area contributed by atoms with Crippen LogP contribution in [0, 0.1) is 38.4 Å². The van der Waals surface area contributed by atoms with Gasteiger partial charge in [0.15, 0.2) is 0 Å². The van der Waals surface area contributed by atoms with Crippen LogP contribution in [0.1, 0.15) is 72.0 Å². The fourth-order valence-corrected chi connectivity index (χ4v) is 6.47. The van der Waals surface area contributed by atoms with Crippen LogP contribution in [0.4, 0.5) is 10.1 Å². The van der Waals surface area contributed by atoms with Crippen molar-refractivity contribution in [3.63, 3.8) is 0 Å². The number of aryl methyl sites for hydroxylation is 3. The van der Waals surface area contributed by atoms with Gasteiger partial charge in [-0.3, -0.25) is 9.59 Å². The summed E-state index contributed by atoms with van der Waals surface area (Å²) in [7, 11) is 0. The maximum atomic E-state index is 14.9. The molecule has 3 atom stereocenters. The van der Waals surface area contributed by atoms with Gasteiger partial charge in [-0.2, -0.15) is 0 Å². The highest BCUT2D eigenvalue weighted by Gasteiger charge is 2.43. The molecule has 5 rings (SSSR count). The first-order chi connectivity index (χ1) is 18.8. The lowest BCUT2D eigenvalue weighted by Gasteiger charge is -2.44. The molecule has 1 saturated carbocycles. The summed E-state index contributed by atoms with van der Waals surface area (Å²) >= 11 is 0. The Morgan fingerprint density at radius 2 is 1.74 bits per heavy atom. The normalized spacial score (nSPS) is 23.4. The lowest BCUT2D eigenvalue weighted by molar-refractivity contribution is -0.123. The zero-order valence-corrected chi connectivity index (χ0v) is 23.3. The minimum atomic E-state index is -0.511. The highest BCUT2D eigenvalue weighted by atomic mass is 19.1. The minimum absolute atomic E-state index is 0.0361. The van der Waals surface area contributed by atoms with Crippen LogP contribution >= 0.6 is 0 Å². The number of carbonyl (C=O) groups excluding carboxylic acids is 2. The Hall–Kier alpha value is -3.41. The van der Waals surface area contributed by atoms with Gasteiger partial charge in [0.05, 0.1) is 17.5 Å². The molecule has 1 aliphatic heterocycles. The Balaban J connectivity index is 1.42. The Labute approximate surface area is 231 Å². The lowest BCUT2D eigenvalue weighted by atomic mass is 9.77. The Morgan fingerprint density at radius 1 is 0.949 bits per heavy atom. The lowest BCUT2D eigenvalue weighted by Crippen LogP contribution is -2.55. The predicted octanol–water partition coefficient (Wildman–Crippen LogP) is 6.60. The van der Waals surface area contributed by atoms with Crippen molar-refractivity contribution in [2.45, 2.75) is 77.8 Å². The van der Waals surface area contributed by atoms with E-state index >= 15 is 0 Å². The van der Waals surface area contributed by atoms with Gasteiger partial charge in [0.25, 0.3) is 5.91 Å². The Bertz CT molecular complexity index is 1270. The summed E-state index contributed by atoms with van der Waals surface area (Å²) in [6, 6.07) is 10.8. The van der Waals surface area contributed by atoms with Crippen LogP contribution in [0.3, 0.4) is 0 Å². The van der Waals surface area contributed by atoms with Gasteiger partial charge in [-0.1, -0.05) is 43.2 Å². The maximum Gasteiger partial charge on any atom is 0.257 e. The SMILES string of the molecule is Cc1ccc(NC(=O)C2CCCN(C(=O)c3c(C)cccc3F)C2[C@@H]2C=CC(NC3CCCC3)=CC2)cc1C. The number of hydrogen-bond acceptors (Lipinski definition) is 3. The first-order valence-corrected chi connectivity index (χ1v) is 14.4. The van der Waals surface area contributed by atoms with Crippen molar-refractivity contribution in [1.82, 2.24) is 10.2 Å². The fraction of sp³-hybridized carbons (Fsp3) is 0.455. The first kappa shape index (κ1) is 27.2. The van der Waals surface area contributed by atoms with Gasteiger partial charge in [0.1, 0.15) is 5.82 Å². The molecule has 206 valence electrons. The third-order valence-corrected chi connectivity index (χ3v) is 8.79. The molecule has 2 aromatic rings. The standard InChI is InChI=1S/C33H40FN3O2/c1-21-13-16-27(20-23(21)3)36-32(38)28-11-7-19-37(33(39)30-22(2)8-6-12-29(30)34)31(28)24-14-17-26(18-15-24)35-25-9-4-5-10-25/h6,8,12-14,16-18,20,24-25,28,31,35H,4-5,7,9-11,15,19H2,1-3H3,(H,36,38)/t24-,28?,31?/m1/s1. The molecule has 0 aromatic heterocycles. The van der Waals surface area contributed by atoms with Crippen molar-refractivity contribution < 1.29 is 14.0 Å². The van der Waals surface area contributed by atoms with E-state index in [0.29, 0.717) is 31.0 Å². The molecule has 2 aliphatic carbocycles. The molecule has 2 N–H and O–H groups in total. The molecular formula is C33H40FN3O2. The molecular weight excluding hydrogens is 489 g/mol. The van der Waals surface area contributed by atoms with Crippen molar-refractivity contribution in [1.29, 1.82) is 0 Å². The summed E-state index contributed by atoms with van der Waals surface area (Å²) in [5, 5.41) is 6.78. The second-order valence-electron chi connectivity index (χ2n) is 11.5. The van der Waals surface area contributed by atoms with Gasteiger partial charge >= 0.3 is 0 Å². The number of rotatable bonds is 6. The van der Waals surface area contributed by atoms with Crippen LogP contribution in [0.2, 0.25) is 0 Å². The van der Waals surface area contributed by atoms with Crippen molar-refractivity contribution in [2.24, 2.45) is 11.8 Å². The van der Waals surface area contributed by atoms with Crippen molar-refractivity contribution in [3.8, 4) is 0 Å². The number of likely N-dealkylation sites (tertiary alicyclic amines) is 1. The van der Waals surface area contributed by atoms with Crippen molar-refractivity contribution >= 4 is 17.5 Å². The summed E-state index contributed by atoms with van der Waals surface area (Å²) in [5.41, 5.74) is 4.88. The minimum Gasteiger partial charge on any atom is -0.383 e. The van der Waals surface area contributed by atoms with E-state index in [4.69, 9.17) is 0 Å². The number of nitrogens with zero attached hydrogens (tertiary/aromatic N) is 1. The van der Waals surface area contributed by atoms with E-state index in [2.05, 4.69) is 28.9 Å². The third kappa shape index (κ3) is 5.95. The quantitative estimate of drug-likeness (QED) is 0.443. The maximum absolute atomic E-state index is 14.9. The number of hydrogen-bond donors (Lipinski definition) is 2. The summed E-state index contributed by atoms with van der Waals surface area (Å²) < 4.78 is 14.9. The second kappa shape index (κ2) is 11.8. The summed E-state index contributed by atoms with van der Waals surface area (Å²) in [5.74, 6) is -1.36. The average molecular weight is 530 g/mol. The molecule has 2 unspecified atom stereocenters. The zero-order valence-electron chi connectivity index (χ0n) is 23.3. The molecule has 5 nitrogen and oxygen atoms in total. The molecule has 6 heteroatoms. The number of anilines is 1. The van der Waals surface area contributed by atoms with E-state index in [1.54, 1.807) is 24.0 Å². The van der Waals surface area contributed by atoms with E-state index in [-0.39, 0.29) is 29.3 Å². The monoisotopic (exact) mass is 529 g/mol. The zero-order chi connectivity index (χ0) is 27.5. The van der Waals surface area contributed by atoms with E-state index in [1.165, 1.54) is 37.3 Å². The molecule has 3 aliphatic rings. The molecule has 2 aromatic carbocycles. The van der Waals surface area contributed by atoms with Gasteiger partial charge in [0.2, 0.25) is 5.91 Å². The smallest absolute Gasteiger partial charge is 0.257 e. The van der Waals surface area contributed by atoms with Crippen molar-refractivity contribution in [3.05, 3.63) is 88.4 Å². The molecule has 39 heavy (non-hydrogen) atoms. The number of carbonyl (C=O) groups is 2. The van der Waals surface area contributed by atoms with Gasteiger partial charge in [-0.05, 0) is 93.8 Å². The second-order valence-corrected chi connectivity index (χ2v) is 11.5. The number of amides is 2. The highest BCUT2D eigenvalue weighted by Crippen LogP contribution is 2.36. The number of allylic oxidation sites excluding steroid dienone is 2. The molecule has 0 bridgehead atoms. The van der Waals surface area contributed by atoms with Gasteiger partial charge in [-0.15, -0.1) is 0 Å². The first-order valence-electron chi connectivity index (χ1n) is 14.4. The van der Waals surface area contributed by atoms with Gasteiger partial charge in [0, 0.05) is 29.9 Å². The van der Waals surface area contributed by atoms with Crippen molar-refractivity contribution in [2.75, 3.05) is 11.9 Å². The molecule has 2 amide bonds.